The van der Waals surface area contributed by atoms with E-state index in [1.807, 2.05) is 0 Å². The van der Waals surface area contributed by atoms with Crippen LogP contribution in [0.15, 0.2) is 48.5 Å². The van der Waals surface area contributed by atoms with Gasteiger partial charge >= 0.3 is 0 Å². The lowest BCUT2D eigenvalue weighted by Crippen LogP contribution is -2.35. The van der Waals surface area contributed by atoms with Crippen LogP contribution in [0.3, 0.4) is 0 Å². The first kappa shape index (κ1) is 18.2. The predicted octanol–water partition coefficient (Wildman–Crippen LogP) is 5.24. The van der Waals surface area contributed by atoms with Crippen molar-refractivity contribution in [3.8, 4) is 0 Å². The summed E-state index contributed by atoms with van der Waals surface area (Å²) in [4.78, 5) is 2.57. The summed E-state index contributed by atoms with van der Waals surface area (Å²) in [7, 11) is 0. The quantitative estimate of drug-likeness (QED) is 0.726. The van der Waals surface area contributed by atoms with Crippen molar-refractivity contribution in [3.05, 3.63) is 64.9 Å². The second kappa shape index (κ2) is 9.21. The van der Waals surface area contributed by atoms with Crippen LogP contribution in [0.4, 0.5) is 10.1 Å². The number of likely N-dealkylation sites (tertiary alicyclic amines) is 1. The number of piperidine rings is 1. The fourth-order valence-electron chi connectivity index (χ4n) is 3.47. The molecule has 0 unspecified atom stereocenters. The standard InChI is InChI=1S/C21H26ClFN2/c22-19-6-7-21(20(23)16-19)24-12-8-18-10-14-25(15-11-18)13-9-17-4-2-1-3-5-17/h1-7,16,18,24H,8-15H2. The molecule has 4 heteroatoms. The molecular formula is C21H26ClFN2. The van der Waals surface area contributed by atoms with Crippen molar-refractivity contribution in [2.45, 2.75) is 25.7 Å². The van der Waals surface area contributed by atoms with Gasteiger partial charge in [-0.3, -0.25) is 0 Å². The summed E-state index contributed by atoms with van der Waals surface area (Å²) >= 11 is 5.78. The summed E-state index contributed by atoms with van der Waals surface area (Å²) in [5, 5.41) is 3.63. The molecular weight excluding hydrogens is 335 g/mol. The minimum Gasteiger partial charge on any atom is -0.383 e. The maximum absolute atomic E-state index is 13.7. The van der Waals surface area contributed by atoms with Crippen molar-refractivity contribution in [2.75, 3.05) is 31.5 Å². The number of anilines is 1. The summed E-state index contributed by atoms with van der Waals surface area (Å²) in [5.74, 6) is 0.457. The minimum atomic E-state index is -0.275. The van der Waals surface area contributed by atoms with E-state index in [1.165, 1.54) is 37.6 Å². The number of benzene rings is 2. The number of hydrogen-bond acceptors (Lipinski definition) is 2. The van der Waals surface area contributed by atoms with Crippen molar-refractivity contribution in [3.63, 3.8) is 0 Å². The molecule has 25 heavy (non-hydrogen) atoms. The molecule has 1 N–H and O–H groups in total. The van der Waals surface area contributed by atoms with Crippen LogP contribution in [-0.4, -0.2) is 31.1 Å². The van der Waals surface area contributed by atoms with E-state index in [1.54, 1.807) is 12.1 Å². The lowest BCUT2D eigenvalue weighted by molar-refractivity contribution is 0.183. The molecule has 0 amide bonds. The van der Waals surface area contributed by atoms with Gasteiger partial charge in [0.15, 0.2) is 0 Å². The Labute approximate surface area is 155 Å². The Bertz CT molecular complexity index is 654. The Morgan fingerprint density at radius 3 is 2.56 bits per heavy atom. The summed E-state index contributed by atoms with van der Waals surface area (Å²) in [5.41, 5.74) is 1.96. The molecule has 0 aliphatic carbocycles. The second-order valence-corrected chi connectivity index (χ2v) is 7.30. The fraction of sp³-hybridized carbons (Fsp3) is 0.429. The molecule has 0 spiro atoms. The minimum absolute atomic E-state index is 0.275. The van der Waals surface area contributed by atoms with Crippen LogP contribution in [0.1, 0.15) is 24.8 Å². The highest BCUT2D eigenvalue weighted by Crippen LogP contribution is 2.22. The van der Waals surface area contributed by atoms with Crippen LogP contribution in [0.2, 0.25) is 5.02 Å². The van der Waals surface area contributed by atoms with Crippen molar-refractivity contribution in [1.29, 1.82) is 0 Å². The Morgan fingerprint density at radius 1 is 1.08 bits per heavy atom. The zero-order chi connectivity index (χ0) is 17.5. The molecule has 1 fully saturated rings. The van der Waals surface area contributed by atoms with E-state index in [2.05, 4.69) is 40.5 Å². The Hall–Kier alpha value is -1.58. The highest BCUT2D eigenvalue weighted by Gasteiger charge is 2.18. The van der Waals surface area contributed by atoms with Gasteiger partial charge < -0.3 is 10.2 Å². The molecule has 1 heterocycles. The number of hydrogen-bond donors (Lipinski definition) is 1. The highest BCUT2D eigenvalue weighted by molar-refractivity contribution is 6.30. The summed E-state index contributed by atoms with van der Waals surface area (Å²) in [6, 6.07) is 15.5. The van der Waals surface area contributed by atoms with Gasteiger partial charge in [-0.15, -0.1) is 0 Å². The third-order valence-electron chi connectivity index (χ3n) is 5.07. The van der Waals surface area contributed by atoms with E-state index >= 15 is 0 Å². The van der Waals surface area contributed by atoms with Gasteiger partial charge in [-0.2, -0.15) is 0 Å². The van der Waals surface area contributed by atoms with E-state index in [-0.39, 0.29) is 5.82 Å². The molecule has 2 aromatic rings. The maximum atomic E-state index is 13.7. The smallest absolute Gasteiger partial charge is 0.147 e. The summed E-state index contributed by atoms with van der Waals surface area (Å²) < 4.78 is 13.7. The zero-order valence-electron chi connectivity index (χ0n) is 14.6. The molecule has 134 valence electrons. The van der Waals surface area contributed by atoms with Gasteiger partial charge in [-0.25, -0.2) is 4.39 Å². The number of halogens is 2. The SMILES string of the molecule is Fc1cc(Cl)ccc1NCCC1CCN(CCc2ccccc2)CC1. The first-order valence-corrected chi connectivity index (χ1v) is 9.54. The van der Waals surface area contributed by atoms with E-state index in [4.69, 9.17) is 11.6 Å². The van der Waals surface area contributed by atoms with Crippen LogP contribution in [0.25, 0.3) is 0 Å². The molecule has 1 saturated heterocycles. The molecule has 0 aromatic heterocycles. The molecule has 1 aliphatic heterocycles. The van der Waals surface area contributed by atoms with Gasteiger partial charge in [0, 0.05) is 18.1 Å². The molecule has 2 aromatic carbocycles. The van der Waals surface area contributed by atoms with Gasteiger partial charge in [0.2, 0.25) is 0 Å². The highest BCUT2D eigenvalue weighted by atomic mass is 35.5. The first-order chi connectivity index (χ1) is 12.2. The lowest BCUT2D eigenvalue weighted by atomic mass is 9.93. The van der Waals surface area contributed by atoms with Crippen molar-refractivity contribution in [1.82, 2.24) is 4.90 Å². The molecule has 0 bridgehead atoms. The van der Waals surface area contributed by atoms with Crippen molar-refractivity contribution < 1.29 is 4.39 Å². The Kier molecular flexibility index (Phi) is 6.71. The summed E-state index contributed by atoms with van der Waals surface area (Å²) in [6.45, 7) is 4.30. The van der Waals surface area contributed by atoms with Crippen LogP contribution >= 0.6 is 11.6 Å². The van der Waals surface area contributed by atoms with Gasteiger partial charge in [0.1, 0.15) is 5.82 Å². The van der Waals surface area contributed by atoms with E-state index in [0.29, 0.717) is 10.7 Å². The largest absolute Gasteiger partial charge is 0.383 e. The number of nitrogens with one attached hydrogen (secondary N) is 1. The van der Waals surface area contributed by atoms with Crippen LogP contribution in [0.5, 0.6) is 0 Å². The third-order valence-corrected chi connectivity index (χ3v) is 5.30. The first-order valence-electron chi connectivity index (χ1n) is 9.16. The fourth-order valence-corrected chi connectivity index (χ4v) is 3.63. The van der Waals surface area contributed by atoms with Gasteiger partial charge in [-0.1, -0.05) is 41.9 Å². The molecule has 3 rings (SSSR count). The molecule has 0 atom stereocenters. The van der Waals surface area contributed by atoms with E-state index in [0.717, 1.165) is 31.8 Å². The number of rotatable bonds is 7. The lowest BCUT2D eigenvalue weighted by Gasteiger charge is -2.32. The average molecular weight is 361 g/mol. The van der Waals surface area contributed by atoms with Gasteiger partial charge in [-0.05, 0) is 68.5 Å². The van der Waals surface area contributed by atoms with Crippen molar-refractivity contribution in [2.24, 2.45) is 5.92 Å². The molecule has 2 nitrogen and oxygen atoms in total. The predicted molar refractivity (Wildman–Crippen MR) is 104 cm³/mol. The Balaban J connectivity index is 1.34. The topological polar surface area (TPSA) is 15.3 Å². The third kappa shape index (κ3) is 5.72. The average Bonchev–Trinajstić information content (AvgIpc) is 2.64. The molecule has 1 aliphatic rings. The Morgan fingerprint density at radius 2 is 1.84 bits per heavy atom. The van der Waals surface area contributed by atoms with Crippen LogP contribution in [0, 0.1) is 11.7 Å². The summed E-state index contributed by atoms with van der Waals surface area (Å²) in [6.07, 6.45) is 4.69. The maximum Gasteiger partial charge on any atom is 0.147 e. The second-order valence-electron chi connectivity index (χ2n) is 6.86. The molecule has 0 radical (unpaired) electrons. The van der Waals surface area contributed by atoms with Crippen LogP contribution < -0.4 is 5.32 Å². The monoisotopic (exact) mass is 360 g/mol. The van der Waals surface area contributed by atoms with Crippen molar-refractivity contribution >= 4 is 17.3 Å². The van der Waals surface area contributed by atoms with Gasteiger partial charge in [0.05, 0.1) is 5.69 Å². The zero-order valence-corrected chi connectivity index (χ0v) is 15.3. The van der Waals surface area contributed by atoms with E-state index < -0.39 is 0 Å². The van der Waals surface area contributed by atoms with Crippen LogP contribution in [-0.2, 0) is 6.42 Å². The molecule has 0 saturated carbocycles. The normalized spacial score (nSPS) is 16.1. The van der Waals surface area contributed by atoms with E-state index in [9.17, 15) is 4.39 Å². The van der Waals surface area contributed by atoms with Gasteiger partial charge in [0.25, 0.3) is 0 Å². The number of nitrogens with zero attached hydrogens (tertiary/aromatic N) is 1.